The van der Waals surface area contributed by atoms with Crippen LogP contribution in [0.15, 0.2) is 23.1 Å². The Morgan fingerprint density at radius 2 is 2.00 bits per heavy atom. The number of benzene rings is 1. The zero-order valence-electron chi connectivity index (χ0n) is 10.6. The fourth-order valence-corrected chi connectivity index (χ4v) is 3.60. The molecule has 1 amide bonds. The molecule has 1 aliphatic rings. The van der Waals surface area contributed by atoms with Gasteiger partial charge in [0.15, 0.2) is 0 Å². The molecule has 0 aliphatic heterocycles. The van der Waals surface area contributed by atoms with Gasteiger partial charge in [0.1, 0.15) is 4.90 Å². The number of primary amides is 1. The van der Waals surface area contributed by atoms with E-state index in [1.54, 1.807) is 0 Å². The van der Waals surface area contributed by atoms with Gasteiger partial charge in [0.2, 0.25) is 15.9 Å². The summed E-state index contributed by atoms with van der Waals surface area (Å²) in [7, 11) is -3.64. The molecule has 1 aliphatic carbocycles. The van der Waals surface area contributed by atoms with E-state index in [0.29, 0.717) is 5.92 Å². The Morgan fingerprint density at radius 3 is 2.47 bits per heavy atom. The second-order valence-corrected chi connectivity index (χ2v) is 6.69. The van der Waals surface area contributed by atoms with E-state index in [9.17, 15) is 13.2 Å². The number of anilines is 1. The molecule has 6 nitrogen and oxygen atoms in total. The lowest BCUT2D eigenvalue weighted by molar-refractivity contribution is 0.1000. The van der Waals surface area contributed by atoms with Gasteiger partial charge in [-0.3, -0.25) is 4.79 Å². The van der Waals surface area contributed by atoms with Gasteiger partial charge in [0.25, 0.3) is 0 Å². The van der Waals surface area contributed by atoms with E-state index in [1.807, 2.05) is 0 Å². The molecular weight excluding hydrogens is 266 g/mol. The molecule has 0 unspecified atom stereocenters. The number of hydrogen-bond acceptors (Lipinski definition) is 4. The number of carbonyl (C=O) groups excluding carboxylic acids is 1. The molecule has 0 saturated heterocycles. The zero-order valence-corrected chi connectivity index (χ0v) is 11.4. The van der Waals surface area contributed by atoms with Gasteiger partial charge in [-0.2, -0.15) is 0 Å². The largest absolute Gasteiger partial charge is 0.398 e. The summed E-state index contributed by atoms with van der Waals surface area (Å²) in [4.78, 5) is 11.0. The summed E-state index contributed by atoms with van der Waals surface area (Å²) >= 11 is 0. The van der Waals surface area contributed by atoms with Gasteiger partial charge < -0.3 is 11.5 Å². The standard InChI is InChI=1S/C12H17N3O3S/c1-7-4-9(5-7)15-19(17,18)11-3-2-8(12(14)16)6-10(11)13/h2-3,6-7,9,15H,4-5,13H2,1H3,(H2,14,16). The van der Waals surface area contributed by atoms with Crippen molar-refractivity contribution >= 4 is 21.6 Å². The molecule has 0 heterocycles. The average Bonchev–Trinajstić information content (AvgIpc) is 2.26. The summed E-state index contributed by atoms with van der Waals surface area (Å²) in [5, 5.41) is 0. The van der Waals surface area contributed by atoms with Gasteiger partial charge in [-0.25, -0.2) is 13.1 Å². The quantitative estimate of drug-likeness (QED) is 0.695. The first-order valence-corrected chi connectivity index (χ1v) is 7.49. The zero-order chi connectivity index (χ0) is 14.2. The van der Waals surface area contributed by atoms with Crippen molar-refractivity contribution < 1.29 is 13.2 Å². The Hall–Kier alpha value is -1.60. The summed E-state index contributed by atoms with van der Waals surface area (Å²) in [6.07, 6.45) is 1.66. The number of sulfonamides is 1. The van der Waals surface area contributed by atoms with Crippen LogP contribution in [0.1, 0.15) is 30.1 Å². The van der Waals surface area contributed by atoms with Gasteiger partial charge >= 0.3 is 0 Å². The lowest BCUT2D eigenvalue weighted by atomic mass is 9.83. The number of nitrogens with two attached hydrogens (primary N) is 2. The van der Waals surface area contributed by atoms with Crippen LogP contribution >= 0.6 is 0 Å². The summed E-state index contributed by atoms with van der Waals surface area (Å²) < 4.78 is 26.9. The number of amides is 1. The topological polar surface area (TPSA) is 115 Å². The van der Waals surface area contributed by atoms with Crippen LogP contribution < -0.4 is 16.2 Å². The lowest BCUT2D eigenvalue weighted by Crippen LogP contribution is -2.43. The average molecular weight is 283 g/mol. The summed E-state index contributed by atoms with van der Waals surface area (Å²) in [5.74, 6) is -0.0984. The van der Waals surface area contributed by atoms with Crippen molar-refractivity contribution in [1.82, 2.24) is 4.72 Å². The Bertz CT molecular complexity index is 607. The van der Waals surface area contributed by atoms with E-state index in [2.05, 4.69) is 11.6 Å². The minimum Gasteiger partial charge on any atom is -0.398 e. The van der Waals surface area contributed by atoms with E-state index >= 15 is 0 Å². The van der Waals surface area contributed by atoms with Crippen LogP contribution in [0.4, 0.5) is 5.69 Å². The van der Waals surface area contributed by atoms with Crippen molar-refractivity contribution in [3.8, 4) is 0 Å². The maximum absolute atomic E-state index is 12.1. The molecule has 104 valence electrons. The van der Waals surface area contributed by atoms with Crippen molar-refractivity contribution in [3.63, 3.8) is 0 Å². The van der Waals surface area contributed by atoms with E-state index < -0.39 is 15.9 Å². The highest BCUT2D eigenvalue weighted by Crippen LogP contribution is 2.28. The number of nitrogens with one attached hydrogen (secondary N) is 1. The summed E-state index contributed by atoms with van der Waals surface area (Å²) in [6, 6.07) is 3.91. The molecule has 0 bridgehead atoms. The molecule has 1 aromatic rings. The van der Waals surface area contributed by atoms with Gasteiger partial charge in [0, 0.05) is 11.6 Å². The van der Waals surface area contributed by atoms with Gasteiger partial charge in [-0.15, -0.1) is 0 Å². The number of carbonyl (C=O) groups is 1. The minimum atomic E-state index is -3.64. The van der Waals surface area contributed by atoms with Gasteiger partial charge in [0.05, 0.1) is 5.69 Å². The minimum absolute atomic E-state index is 0.0166. The predicted molar refractivity (Wildman–Crippen MR) is 71.9 cm³/mol. The van der Waals surface area contributed by atoms with Crippen LogP contribution in [0.5, 0.6) is 0 Å². The van der Waals surface area contributed by atoms with E-state index in [4.69, 9.17) is 11.5 Å². The molecule has 1 fully saturated rings. The third-order valence-electron chi connectivity index (χ3n) is 3.28. The lowest BCUT2D eigenvalue weighted by Gasteiger charge is -2.33. The van der Waals surface area contributed by atoms with Crippen LogP contribution in [0.2, 0.25) is 0 Å². The molecule has 5 N–H and O–H groups in total. The van der Waals surface area contributed by atoms with E-state index in [1.165, 1.54) is 18.2 Å². The van der Waals surface area contributed by atoms with Crippen molar-refractivity contribution in [2.24, 2.45) is 11.7 Å². The first-order valence-electron chi connectivity index (χ1n) is 6.01. The van der Waals surface area contributed by atoms with Crippen LogP contribution in [0, 0.1) is 5.92 Å². The smallest absolute Gasteiger partial charge is 0.248 e. The Kier molecular flexibility index (Phi) is 3.51. The van der Waals surface area contributed by atoms with Crippen molar-refractivity contribution in [3.05, 3.63) is 23.8 Å². The van der Waals surface area contributed by atoms with Crippen LogP contribution in [0.25, 0.3) is 0 Å². The third-order valence-corrected chi connectivity index (χ3v) is 4.87. The molecule has 0 spiro atoms. The van der Waals surface area contributed by atoms with Crippen molar-refractivity contribution in [2.45, 2.75) is 30.7 Å². The molecule has 0 aromatic heterocycles. The van der Waals surface area contributed by atoms with Crippen LogP contribution in [0.3, 0.4) is 0 Å². The normalized spacial score (nSPS) is 22.8. The highest BCUT2D eigenvalue weighted by atomic mass is 32.2. The van der Waals surface area contributed by atoms with Crippen LogP contribution in [-0.4, -0.2) is 20.4 Å². The molecule has 1 saturated carbocycles. The fraction of sp³-hybridized carbons (Fsp3) is 0.417. The second kappa shape index (κ2) is 4.82. The first kappa shape index (κ1) is 13.8. The highest BCUT2D eigenvalue weighted by molar-refractivity contribution is 7.89. The Morgan fingerprint density at radius 1 is 1.37 bits per heavy atom. The fourth-order valence-electron chi connectivity index (χ4n) is 2.23. The third kappa shape index (κ3) is 2.87. The number of rotatable bonds is 4. The highest BCUT2D eigenvalue weighted by Gasteiger charge is 2.30. The van der Waals surface area contributed by atoms with Crippen molar-refractivity contribution in [2.75, 3.05) is 5.73 Å². The molecule has 19 heavy (non-hydrogen) atoms. The van der Waals surface area contributed by atoms with Gasteiger partial charge in [-0.05, 0) is 37.0 Å². The predicted octanol–water partition coefficient (Wildman–Crippen LogP) is 0.444. The molecule has 7 heteroatoms. The van der Waals surface area contributed by atoms with E-state index in [-0.39, 0.29) is 22.2 Å². The Labute approximate surface area is 112 Å². The maximum atomic E-state index is 12.1. The molecule has 0 atom stereocenters. The first-order chi connectivity index (χ1) is 8.79. The van der Waals surface area contributed by atoms with Crippen molar-refractivity contribution in [1.29, 1.82) is 0 Å². The van der Waals surface area contributed by atoms with E-state index in [0.717, 1.165) is 12.8 Å². The SMILES string of the molecule is CC1CC(NS(=O)(=O)c2ccc(C(N)=O)cc2N)C1. The number of nitrogen functional groups attached to an aromatic ring is 1. The molecule has 1 aromatic carbocycles. The summed E-state index contributed by atoms with van der Waals surface area (Å²) in [6.45, 7) is 2.07. The second-order valence-electron chi connectivity index (χ2n) is 5.01. The molecule has 2 rings (SSSR count). The molecular formula is C12H17N3O3S. The van der Waals surface area contributed by atoms with Crippen LogP contribution in [-0.2, 0) is 10.0 Å². The monoisotopic (exact) mass is 283 g/mol. The number of hydrogen-bond donors (Lipinski definition) is 3. The Balaban J connectivity index is 2.23. The molecule has 0 radical (unpaired) electrons. The summed E-state index contributed by atoms with van der Waals surface area (Å²) in [5.41, 5.74) is 11.0. The van der Waals surface area contributed by atoms with Gasteiger partial charge in [-0.1, -0.05) is 6.92 Å². The maximum Gasteiger partial charge on any atom is 0.248 e.